The molecule has 112 valence electrons. The van der Waals surface area contributed by atoms with Crippen LogP contribution >= 0.6 is 0 Å². The molecule has 0 fully saturated rings. The smallest absolute Gasteiger partial charge is 0.258 e. The molecule has 0 saturated heterocycles. The summed E-state index contributed by atoms with van der Waals surface area (Å²) in [5, 5.41) is 21.9. The summed E-state index contributed by atoms with van der Waals surface area (Å²) in [7, 11) is 0. The van der Waals surface area contributed by atoms with Crippen LogP contribution in [0.25, 0.3) is 0 Å². The average Bonchev–Trinajstić information content (AvgIpc) is 2.34. The fourth-order valence-corrected chi connectivity index (χ4v) is 1.75. The van der Waals surface area contributed by atoms with E-state index in [1.54, 1.807) is 6.92 Å². The predicted molar refractivity (Wildman–Crippen MR) is 70.4 cm³/mol. The van der Waals surface area contributed by atoms with E-state index in [4.69, 9.17) is 0 Å². The van der Waals surface area contributed by atoms with Gasteiger partial charge in [0.1, 0.15) is 22.9 Å². The minimum absolute atomic E-state index is 0.0746. The number of phenols is 1. The van der Waals surface area contributed by atoms with Gasteiger partial charge in [0.2, 0.25) is 0 Å². The zero-order valence-corrected chi connectivity index (χ0v) is 11.7. The Kier molecular flexibility index (Phi) is 5.05. The summed E-state index contributed by atoms with van der Waals surface area (Å²) >= 11 is 0. The highest BCUT2D eigenvalue weighted by atomic mass is 19.1. The van der Waals surface area contributed by atoms with Crippen molar-refractivity contribution in [3.8, 4) is 5.75 Å². The first-order valence-corrected chi connectivity index (χ1v) is 6.37. The molecule has 0 heterocycles. The molecule has 1 rings (SSSR count). The van der Waals surface area contributed by atoms with E-state index in [2.05, 4.69) is 5.32 Å². The van der Waals surface area contributed by atoms with Crippen LogP contribution in [-0.4, -0.2) is 28.3 Å². The zero-order valence-electron chi connectivity index (χ0n) is 11.7. The number of aliphatic hydroxyl groups is 1. The summed E-state index contributed by atoms with van der Waals surface area (Å²) in [5.74, 6) is -3.87. The standard InChI is InChI=1S/C14H19F2NO3/c1-4-8(2)14(3,20)7-17-13(19)12-10(16)5-9(15)6-11(12)18/h5-6,8,18,20H,4,7H2,1-3H3,(H,17,19). The van der Waals surface area contributed by atoms with Gasteiger partial charge in [-0.05, 0) is 12.8 Å². The van der Waals surface area contributed by atoms with Crippen LogP contribution < -0.4 is 5.32 Å². The van der Waals surface area contributed by atoms with Gasteiger partial charge < -0.3 is 15.5 Å². The van der Waals surface area contributed by atoms with Crippen molar-refractivity contribution in [2.24, 2.45) is 5.92 Å². The Morgan fingerprint density at radius 3 is 2.55 bits per heavy atom. The Hall–Kier alpha value is -1.69. The third-order valence-electron chi connectivity index (χ3n) is 3.54. The molecule has 4 nitrogen and oxygen atoms in total. The molecule has 2 atom stereocenters. The number of phenolic OH excluding ortho intramolecular Hbond substituents is 1. The van der Waals surface area contributed by atoms with Crippen LogP contribution in [0.15, 0.2) is 12.1 Å². The van der Waals surface area contributed by atoms with E-state index in [9.17, 15) is 23.8 Å². The molecule has 1 aromatic carbocycles. The molecule has 1 aromatic rings. The highest BCUT2D eigenvalue weighted by molar-refractivity contribution is 5.97. The molecule has 0 spiro atoms. The lowest BCUT2D eigenvalue weighted by atomic mass is 9.88. The molecule has 0 bridgehead atoms. The van der Waals surface area contributed by atoms with Gasteiger partial charge in [0, 0.05) is 18.7 Å². The zero-order chi connectivity index (χ0) is 15.5. The van der Waals surface area contributed by atoms with E-state index < -0.39 is 34.5 Å². The molecule has 0 radical (unpaired) electrons. The Morgan fingerprint density at radius 2 is 2.05 bits per heavy atom. The van der Waals surface area contributed by atoms with Crippen LogP contribution in [-0.2, 0) is 0 Å². The molecule has 0 aliphatic carbocycles. The topological polar surface area (TPSA) is 69.6 Å². The predicted octanol–water partition coefficient (Wildman–Crippen LogP) is 2.20. The Bertz CT molecular complexity index is 480. The van der Waals surface area contributed by atoms with Crippen molar-refractivity contribution in [2.45, 2.75) is 32.8 Å². The van der Waals surface area contributed by atoms with Gasteiger partial charge in [-0.1, -0.05) is 20.3 Å². The highest BCUT2D eigenvalue weighted by Crippen LogP contribution is 2.23. The largest absolute Gasteiger partial charge is 0.507 e. The minimum atomic E-state index is -1.16. The fraction of sp³-hybridized carbons (Fsp3) is 0.500. The number of rotatable bonds is 5. The molecule has 0 aromatic heterocycles. The normalized spacial score (nSPS) is 15.5. The molecule has 2 unspecified atom stereocenters. The first-order chi connectivity index (χ1) is 9.19. The van der Waals surface area contributed by atoms with Crippen molar-refractivity contribution in [3.05, 3.63) is 29.3 Å². The van der Waals surface area contributed by atoms with E-state index in [-0.39, 0.29) is 12.5 Å². The van der Waals surface area contributed by atoms with Crippen molar-refractivity contribution in [2.75, 3.05) is 6.54 Å². The van der Waals surface area contributed by atoms with Crippen molar-refractivity contribution >= 4 is 5.91 Å². The third-order valence-corrected chi connectivity index (χ3v) is 3.54. The van der Waals surface area contributed by atoms with Gasteiger partial charge in [0.25, 0.3) is 5.91 Å². The number of aromatic hydroxyl groups is 1. The van der Waals surface area contributed by atoms with Crippen LogP contribution in [0.5, 0.6) is 5.75 Å². The highest BCUT2D eigenvalue weighted by Gasteiger charge is 2.28. The van der Waals surface area contributed by atoms with Crippen LogP contribution in [0.2, 0.25) is 0 Å². The number of amides is 1. The van der Waals surface area contributed by atoms with E-state index in [1.807, 2.05) is 13.8 Å². The van der Waals surface area contributed by atoms with Crippen molar-refractivity contribution in [3.63, 3.8) is 0 Å². The number of carbonyl (C=O) groups is 1. The summed E-state index contributed by atoms with van der Waals surface area (Å²) in [6, 6.07) is 1.17. The van der Waals surface area contributed by atoms with Gasteiger partial charge in [-0.2, -0.15) is 0 Å². The van der Waals surface area contributed by atoms with Crippen molar-refractivity contribution in [1.29, 1.82) is 0 Å². The second kappa shape index (κ2) is 6.17. The SMILES string of the molecule is CCC(C)C(C)(O)CNC(=O)c1c(O)cc(F)cc1F. The number of halogens is 2. The average molecular weight is 287 g/mol. The minimum Gasteiger partial charge on any atom is -0.507 e. The first-order valence-electron chi connectivity index (χ1n) is 6.37. The lowest BCUT2D eigenvalue weighted by Gasteiger charge is -2.29. The number of hydrogen-bond acceptors (Lipinski definition) is 3. The lowest BCUT2D eigenvalue weighted by Crippen LogP contribution is -2.45. The van der Waals surface area contributed by atoms with E-state index >= 15 is 0 Å². The summed E-state index contributed by atoms with van der Waals surface area (Å²) in [5.41, 5.74) is -1.79. The first kappa shape index (κ1) is 16.4. The number of nitrogens with one attached hydrogen (secondary N) is 1. The monoisotopic (exact) mass is 287 g/mol. The number of benzene rings is 1. The Labute approximate surface area is 116 Å². The number of hydrogen-bond donors (Lipinski definition) is 3. The van der Waals surface area contributed by atoms with Gasteiger partial charge in [0.15, 0.2) is 0 Å². The maximum absolute atomic E-state index is 13.5. The van der Waals surface area contributed by atoms with Crippen molar-refractivity contribution < 1.29 is 23.8 Å². The van der Waals surface area contributed by atoms with Crippen LogP contribution in [0.3, 0.4) is 0 Å². The molecule has 3 N–H and O–H groups in total. The van der Waals surface area contributed by atoms with E-state index in [1.165, 1.54) is 0 Å². The molecule has 1 amide bonds. The Morgan fingerprint density at radius 1 is 1.45 bits per heavy atom. The van der Waals surface area contributed by atoms with E-state index in [0.29, 0.717) is 18.6 Å². The molecular formula is C14H19F2NO3. The Balaban J connectivity index is 2.83. The van der Waals surface area contributed by atoms with Crippen LogP contribution in [0.4, 0.5) is 8.78 Å². The van der Waals surface area contributed by atoms with Crippen LogP contribution in [0.1, 0.15) is 37.6 Å². The molecule has 6 heteroatoms. The lowest BCUT2D eigenvalue weighted by molar-refractivity contribution is 0.00585. The van der Waals surface area contributed by atoms with Crippen molar-refractivity contribution in [1.82, 2.24) is 5.32 Å². The van der Waals surface area contributed by atoms with Gasteiger partial charge in [-0.3, -0.25) is 4.79 Å². The molecule has 20 heavy (non-hydrogen) atoms. The maximum Gasteiger partial charge on any atom is 0.258 e. The molecule has 0 aliphatic heterocycles. The van der Waals surface area contributed by atoms with Gasteiger partial charge in [0.05, 0.1) is 5.60 Å². The summed E-state index contributed by atoms with van der Waals surface area (Å²) in [6.07, 6.45) is 0.707. The summed E-state index contributed by atoms with van der Waals surface area (Å²) < 4.78 is 26.3. The van der Waals surface area contributed by atoms with Gasteiger partial charge in [-0.15, -0.1) is 0 Å². The molecule has 0 saturated carbocycles. The third kappa shape index (κ3) is 3.66. The second-order valence-corrected chi connectivity index (χ2v) is 5.13. The number of carbonyl (C=O) groups excluding carboxylic acids is 1. The molecule has 0 aliphatic rings. The fourth-order valence-electron chi connectivity index (χ4n) is 1.75. The van der Waals surface area contributed by atoms with Crippen LogP contribution in [0, 0.1) is 17.6 Å². The van der Waals surface area contributed by atoms with Gasteiger partial charge in [-0.25, -0.2) is 8.78 Å². The van der Waals surface area contributed by atoms with Gasteiger partial charge >= 0.3 is 0 Å². The van der Waals surface area contributed by atoms with E-state index in [0.717, 1.165) is 0 Å². The maximum atomic E-state index is 13.5. The summed E-state index contributed by atoms with van der Waals surface area (Å²) in [4.78, 5) is 11.8. The second-order valence-electron chi connectivity index (χ2n) is 5.13. The quantitative estimate of drug-likeness (QED) is 0.777. The molecular weight excluding hydrogens is 268 g/mol. The summed E-state index contributed by atoms with van der Waals surface area (Å²) in [6.45, 7) is 5.17.